The van der Waals surface area contributed by atoms with E-state index in [1.807, 2.05) is 13.8 Å². The fourth-order valence-electron chi connectivity index (χ4n) is 4.88. The number of carboxylic acid groups (broad SMARTS) is 1. The molecule has 7 nitrogen and oxygen atoms in total. The fourth-order valence-corrected chi connectivity index (χ4v) is 5.73. The molecule has 1 aromatic rings. The lowest BCUT2D eigenvalue weighted by atomic mass is 9.81. The van der Waals surface area contributed by atoms with Gasteiger partial charge in [0.1, 0.15) is 17.0 Å². The second kappa shape index (κ2) is 12.0. The van der Waals surface area contributed by atoms with Crippen molar-refractivity contribution in [3.8, 4) is 11.8 Å². The molecule has 0 saturated heterocycles. The van der Waals surface area contributed by atoms with E-state index < -0.39 is 18.0 Å². The monoisotopic (exact) mass is 502 g/mol. The Morgan fingerprint density at radius 2 is 1.71 bits per heavy atom. The van der Waals surface area contributed by atoms with Gasteiger partial charge in [-0.05, 0) is 70.3 Å². The van der Waals surface area contributed by atoms with Gasteiger partial charge in [0.15, 0.2) is 0 Å². The van der Waals surface area contributed by atoms with Crippen LogP contribution in [0.4, 0.5) is 5.69 Å². The first-order valence-corrected chi connectivity index (χ1v) is 13.6. The third kappa shape index (κ3) is 7.08. The largest absolute Gasteiger partial charge is 0.477 e. The van der Waals surface area contributed by atoms with Crippen molar-refractivity contribution in [3.63, 3.8) is 0 Å². The molecule has 2 fully saturated rings. The number of nitrogens with zero attached hydrogens (tertiary/aromatic N) is 1. The van der Waals surface area contributed by atoms with Crippen LogP contribution in [0.3, 0.4) is 0 Å². The zero-order chi connectivity index (χ0) is 25.7. The van der Waals surface area contributed by atoms with Gasteiger partial charge in [-0.2, -0.15) is 0 Å². The van der Waals surface area contributed by atoms with Crippen LogP contribution in [0.1, 0.15) is 93.6 Å². The van der Waals surface area contributed by atoms with Crippen molar-refractivity contribution < 1.29 is 24.2 Å². The van der Waals surface area contributed by atoms with E-state index in [-0.39, 0.29) is 34.8 Å². The summed E-state index contributed by atoms with van der Waals surface area (Å²) in [4.78, 5) is 40.6. The second-order valence-electron chi connectivity index (χ2n) is 10.4. The number of anilines is 1. The number of esters is 1. The maximum Gasteiger partial charge on any atom is 0.348 e. The molecule has 2 aliphatic carbocycles. The molecule has 1 unspecified atom stereocenters. The minimum absolute atomic E-state index is 0.0107. The van der Waals surface area contributed by atoms with E-state index in [0.29, 0.717) is 42.2 Å². The topological polar surface area (TPSA) is 110 Å². The van der Waals surface area contributed by atoms with Crippen LogP contribution in [0.15, 0.2) is 6.07 Å². The minimum Gasteiger partial charge on any atom is -0.477 e. The van der Waals surface area contributed by atoms with E-state index >= 15 is 0 Å². The number of hydrogen-bond acceptors (Lipinski definition) is 6. The van der Waals surface area contributed by atoms with Crippen LogP contribution in [0.5, 0.6) is 0 Å². The van der Waals surface area contributed by atoms with E-state index in [9.17, 15) is 19.5 Å². The van der Waals surface area contributed by atoms with Crippen LogP contribution in [0, 0.1) is 29.6 Å². The summed E-state index contributed by atoms with van der Waals surface area (Å²) >= 11 is 1.13. The van der Waals surface area contributed by atoms with Crippen LogP contribution in [-0.2, 0) is 14.3 Å². The van der Waals surface area contributed by atoms with Crippen molar-refractivity contribution in [2.24, 2.45) is 23.5 Å². The molecule has 0 spiro atoms. The lowest BCUT2D eigenvalue weighted by Gasteiger charge is -2.39. The van der Waals surface area contributed by atoms with Crippen molar-refractivity contribution in [1.29, 1.82) is 0 Å². The molecule has 1 atom stereocenters. The number of ether oxygens (including phenoxy) is 1. The first kappa shape index (κ1) is 27.2. The molecule has 0 bridgehead atoms. The first-order valence-electron chi connectivity index (χ1n) is 12.7. The Bertz CT molecular complexity index is 973. The number of aromatic carboxylic acids is 1. The third-order valence-electron chi connectivity index (χ3n) is 6.92. The Balaban J connectivity index is 1.90. The normalized spacial score (nSPS) is 25.3. The fraction of sp³-hybridized carbons (Fsp3) is 0.667. The van der Waals surface area contributed by atoms with E-state index in [2.05, 4.69) is 18.8 Å². The Morgan fingerprint density at radius 1 is 1.09 bits per heavy atom. The van der Waals surface area contributed by atoms with Gasteiger partial charge in [-0.25, -0.2) is 4.79 Å². The highest BCUT2D eigenvalue weighted by Crippen LogP contribution is 2.39. The Morgan fingerprint density at radius 3 is 2.26 bits per heavy atom. The van der Waals surface area contributed by atoms with E-state index in [0.717, 1.165) is 37.0 Å². The number of thiophene rings is 1. The van der Waals surface area contributed by atoms with Gasteiger partial charge in [0.2, 0.25) is 5.91 Å². The van der Waals surface area contributed by atoms with Crippen molar-refractivity contribution in [2.75, 3.05) is 4.90 Å². The number of carboxylic acids is 1. The van der Waals surface area contributed by atoms with Crippen molar-refractivity contribution in [3.05, 3.63) is 15.8 Å². The lowest BCUT2D eigenvalue weighted by molar-refractivity contribution is -0.152. The smallest absolute Gasteiger partial charge is 0.348 e. The van der Waals surface area contributed by atoms with Crippen molar-refractivity contribution >= 4 is 34.9 Å². The third-order valence-corrected chi connectivity index (χ3v) is 7.94. The zero-order valence-electron chi connectivity index (χ0n) is 21.2. The summed E-state index contributed by atoms with van der Waals surface area (Å²) < 4.78 is 5.52. The van der Waals surface area contributed by atoms with E-state index in [4.69, 9.17) is 10.5 Å². The van der Waals surface area contributed by atoms with E-state index in [1.165, 1.54) is 0 Å². The summed E-state index contributed by atoms with van der Waals surface area (Å²) in [6.07, 6.45) is 5.92. The highest BCUT2D eigenvalue weighted by atomic mass is 32.1. The maximum atomic E-state index is 13.9. The van der Waals surface area contributed by atoms with Crippen molar-refractivity contribution in [2.45, 2.75) is 97.2 Å². The standard InChI is InChI=1S/C27H38N2O5S/c1-16(2)5-14-22-15-23(24(35-22)26(31)32)29(25(30)19-8-6-17(3)7-9-19)20-10-12-21(13-11-20)34-27(33)18(4)28/h15-21H,6-13,28H2,1-4H3,(H,31,32). The van der Waals surface area contributed by atoms with Crippen LogP contribution < -0.4 is 10.6 Å². The number of rotatable bonds is 6. The lowest BCUT2D eigenvalue weighted by Crippen LogP contribution is -2.47. The Labute approximate surface area is 212 Å². The Hall–Kier alpha value is -2.37. The molecule has 0 aromatic carbocycles. The summed E-state index contributed by atoms with van der Waals surface area (Å²) in [6, 6.07) is 0.953. The quantitative estimate of drug-likeness (QED) is 0.426. The molecule has 8 heteroatoms. The summed E-state index contributed by atoms with van der Waals surface area (Å²) in [5, 5.41) is 9.98. The number of carbonyl (C=O) groups excluding carboxylic acids is 2. The highest BCUT2D eigenvalue weighted by Gasteiger charge is 2.38. The number of carbonyl (C=O) groups is 3. The molecule has 1 amide bonds. The van der Waals surface area contributed by atoms with Crippen LogP contribution in [0.25, 0.3) is 0 Å². The van der Waals surface area contributed by atoms with Crippen LogP contribution in [-0.4, -0.2) is 41.1 Å². The molecule has 0 aliphatic heterocycles. The van der Waals surface area contributed by atoms with Gasteiger partial charge in [0.25, 0.3) is 0 Å². The Kier molecular flexibility index (Phi) is 9.37. The predicted octanol–water partition coefficient (Wildman–Crippen LogP) is 4.81. The highest BCUT2D eigenvalue weighted by molar-refractivity contribution is 7.15. The summed E-state index contributed by atoms with van der Waals surface area (Å²) in [7, 11) is 0. The molecule has 2 aliphatic rings. The summed E-state index contributed by atoms with van der Waals surface area (Å²) in [5.41, 5.74) is 6.09. The number of hydrogen-bond donors (Lipinski definition) is 2. The molecule has 35 heavy (non-hydrogen) atoms. The van der Waals surface area contributed by atoms with Crippen LogP contribution in [0.2, 0.25) is 0 Å². The molecule has 1 aromatic heterocycles. The maximum absolute atomic E-state index is 13.9. The molecule has 192 valence electrons. The van der Waals surface area contributed by atoms with Gasteiger partial charge >= 0.3 is 11.9 Å². The SMILES string of the molecule is CC(C)C#Cc1cc(N(C(=O)C2CCC(C)CC2)C2CCC(OC(=O)C(C)N)CC2)c(C(=O)O)s1. The first-order chi connectivity index (χ1) is 16.6. The predicted molar refractivity (Wildman–Crippen MR) is 137 cm³/mol. The second-order valence-corrected chi connectivity index (χ2v) is 11.4. The molecule has 2 saturated carbocycles. The zero-order valence-corrected chi connectivity index (χ0v) is 22.0. The summed E-state index contributed by atoms with van der Waals surface area (Å²) in [5.74, 6) is 5.38. The van der Waals surface area contributed by atoms with Crippen molar-refractivity contribution in [1.82, 2.24) is 0 Å². The molecule has 1 heterocycles. The minimum atomic E-state index is -1.04. The molecule has 0 radical (unpaired) electrons. The number of nitrogens with two attached hydrogens (primary N) is 1. The van der Waals surface area contributed by atoms with Crippen LogP contribution >= 0.6 is 11.3 Å². The molecule has 3 N–H and O–H groups in total. The average Bonchev–Trinajstić information content (AvgIpc) is 3.23. The summed E-state index contributed by atoms with van der Waals surface area (Å²) in [6.45, 7) is 7.78. The van der Waals surface area contributed by atoms with Gasteiger partial charge < -0.3 is 20.5 Å². The van der Waals surface area contributed by atoms with Gasteiger partial charge in [-0.15, -0.1) is 11.3 Å². The van der Waals surface area contributed by atoms with E-state index in [1.54, 1.807) is 17.9 Å². The van der Waals surface area contributed by atoms with Gasteiger partial charge in [-0.1, -0.05) is 32.6 Å². The molecular weight excluding hydrogens is 464 g/mol. The molecule has 3 rings (SSSR count). The molecular formula is C27H38N2O5S. The van der Waals surface area contributed by atoms with Gasteiger partial charge in [0.05, 0.1) is 10.6 Å². The van der Waals surface area contributed by atoms with Gasteiger partial charge in [0, 0.05) is 17.9 Å². The average molecular weight is 503 g/mol. The number of amides is 1. The van der Waals surface area contributed by atoms with Gasteiger partial charge in [-0.3, -0.25) is 9.59 Å².